The van der Waals surface area contributed by atoms with Gasteiger partial charge in [0.15, 0.2) is 5.96 Å². The smallest absolute Gasteiger partial charge is 0.193 e. The normalized spacial score (nSPS) is 14.6. The molecule has 30 heavy (non-hydrogen) atoms. The van der Waals surface area contributed by atoms with E-state index in [0.717, 1.165) is 37.8 Å². The highest BCUT2D eigenvalue weighted by Gasteiger charge is 2.15. The average Bonchev–Trinajstić information content (AvgIpc) is 3.10. The Morgan fingerprint density at radius 2 is 1.90 bits per heavy atom. The number of hydrogen-bond acceptors (Lipinski definition) is 4. The van der Waals surface area contributed by atoms with Crippen molar-refractivity contribution in [2.75, 3.05) is 43.6 Å². The van der Waals surface area contributed by atoms with Crippen molar-refractivity contribution in [1.29, 1.82) is 0 Å². The zero-order valence-corrected chi connectivity index (χ0v) is 21.9. The summed E-state index contributed by atoms with van der Waals surface area (Å²) in [6.07, 6.45) is 2.11. The highest BCUT2D eigenvalue weighted by atomic mass is 127. The van der Waals surface area contributed by atoms with E-state index in [4.69, 9.17) is 0 Å². The molecule has 166 valence electrons. The highest BCUT2D eigenvalue weighted by Crippen LogP contribution is 2.20. The lowest BCUT2D eigenvalue weighted by Gasteiger charge is -2.28. The third kappa shape index (κ3) is 6.54. The van der Waals surface area contributed by atoms with Crippen LogP contribution in [0.1, 0.15) is 36.6 Å². The lowest BCUT2D eigenvalue weighted by Crippen LogP contribution is -2.38. The van der Waals surface area contributed by atoms with Gasteiger partial charge in [0.05, 0.1) is 5.69 Å². The molecule has 0 atom stereocenters. The molecule has 1 N–H and O–H groups in total. The quantitative estimate of drug-likeness (QED) is 0.341. The molecular weight excluding hydrogens is 507 g/mol. The summed E-state index contributed by atoms with van der Waals surface area (Å²) in [7, 11) is 5.89. The number of rotatable bonds is 6. The fourth-order valence-electron chi connectivity index (χ4n) is 3.71. The van der Waals surface area contributed by atoms with E-state index in [0.29, 0.717) is 5.92 Å². The summed E-state index contributed by atoms with van der Waals surface area (Å²) >= 11 is 2.04. The van der Waals surface area contributed by atoms with Gasteiger partial charge in [0.2, 0.25) is 0 Å². The van der Waals surface area contributed by atoms with Crippen LogP contribution >= 0.6 is 35.7 Å². The number of nitrogens with one attached hydrogen (secondary N) is 1. The number of anilines is 1. The largest absolute Gasteiger partial charge is 0.370 e. The molecule has 3 rings (SSSR count). The molecule has 0 amide bonds. The Morgan fingerprint density at radius 1 is 1.23 bits per heavy atom. The van der Waals surface area contributed by atoms with Crippen LogP contribution < -0.4 is 10.2 Å². The first kappa shape index (κ1) is 24.8. The first-order valence-electron chi connectivity index (χ1n) is 10.3. The van der Waals surface area contributed by atoms with Gasteiger partial charge in [-0.05, 0) is 23.6 Å². The molecular formula is C22H35IN6S. The predicted molar refractivity (Wildman–Crippen MR) is 140 cm³/mol. The maximum atomic E-state index is 4.61. The van der Waals surface area contributed by atoms with Gasteiger partial charge in [-0.3, -0.25) is 9.67 Å². The summed E-state index contributed by atoms with van der Waals surface area (Å²) < 4.78 is 1.90. The van der Waals surface area contributed by atoms with Gasteiger partial charge in [-0.25, -0.2) is 0 Å². The molecule has 0 bridgehead atoms. The van der Waals surface area contributed by atoms with E-state index in [1.165, 1.54) is 28.3 Å². The fraction of sp³-hybridized carbons (Fsp3) is 0.545. The van der Waals surface area contributed by atoms with Crippen molar-refractivity contribution in [1.82, 2.24) is 20.0 Å². The van der Waals surface area contributed by atoms with Crippen molar-refractivity contribution in [3.05, 3.63) is 47.3 Å². The standard InChI is InChI=1S/C22H34N6S.HI/c1-17(2)21-19(16-27(5)25-21)15-26(4)22(23-3)24-14-18-6-8-20(9-7-18)28-10-12-29-13-11-28;/h6-9,16-17H,10-15H2,1-5H3,(H,23,24);1H. The molecule has 1 aliphatic heterocycles. The first-order valence-corrected chi connectivity index (χ1v) is 11.5. The van der Waals surface area contributed by atoms with Crippen LogP contribution in [0, 0.1) is 0 Å². The van der Waals surface area contributed by atoms with Crippen molar-refractivity contribution in [2.45, 2.75) is 32.9 Å². The molecule has 1 aromatic carbocycles. The summed E-state index contributed by atoms with van der Waals surface area (Å²) in [4.78, 5) is 9.09. The summed E-state index contributed by atoms with van der Waals surface area (Å²) in [5.41, 5.74) is 4.99. The van der Waals surface area contributed by atoms with Crippen LogP contribution in [0.25, 0.3) is 0 Å². The second-order valence-corrected chi connectivity index (χ2v) is 9.12. The minimum absolute atomic E-state index is 0. The molecule has 0 saturated carbocycles. The molecule has 1 saturated heterocycles. The van der Waals surface area contributed by atoms with Gasteiger partial charge >= 0.3 is 0 Å². The maximum Gasteiger partial charge on any atom is 0.193 e. The second-order valence-electron chi connectivity index (χ2n) is 7.89. The van der Waals surface area contributed by atoms with Gasteiger partial charge in [0.1, 0.15) is 0 Å². The lowest BCUT2D eigenvalue weighted by atomic mass is 10.1. The fourth-order valence-corrected chi connectivity index (χ4v) is 4.61. The number of aryl methyl sites for hydroxylation is 1. The number of benzene rings is 1. The van der Waals surface area contributed by atoms with Crippen LogP contribution in [0.5, 0.6) is 0 Å². The molecule has 2 aromatic rings. The van der Waals surface area contributed by atoms with E-state index in [1.54, 1.807) is 0 Å². The maximum absolute atomic E-state index is 4.61. The molecule has 6 nitrogen and oxygen atoms in total. The summed E-state index contributed by atoms with van der Waals surface area (Å²) in [5.74, 6) is 3.75. The third-order valence-corrected chi connectivity index (χ3v) is 6.17. The number of halogens is 1. The SMILES string of the molecule is CN=C(NCc1ccc(N2CCSCC2)cc1)N(C)Cc1cn(C)nc1C(C)C.I. The molecule has 2 heterocycles. The van der Waals surface area contributed by atoms with Crippen LogP contribution in [0.3, 0.4) is 0 Å². The Bertz CT molecular complexity index is 812. The first-order chi connectivity index (χ1) is 14.0. The molecule has 1 aliphatic rings. The van der Waals surface area contributed by atoms with Crippen LogP contribution in [-0.2, 0) is 20.1 Å². The van der Waals surface area contributed by atoms with Crippen LogP contribution in [0.2, 0.25) is 0 Å². The van der Waals surface area contributed by atoms with Crippen LogP contribution in [0.15, 0.2) is 35.5 Å². The second kappa shape index (κ2) is 11.8. The molecule has 0 radical (unpaired) electrons. The van der Waals surface area contributed by atoms with E-state index in [1.807, 2.05) is 30.5 Å². The predicted octanol–water partition coefficient (Wildman–Crippen LogP) is 3.92. The Labute approximate surface area is 202 Å². The lowest BCUT2D eigenvalue weighted by molar-refractivity contribution is 0.473. The van der Waals surface area contributed by atoms with Gasteiger partial charge in [0, 0.05) is 76.3 Å². The monoisotopic (exact) mass is 542 g/mol. The summed E-state index contributed by atoms with van der Waals surface area (Å²) in [6, 6.07) is 8.92. The highest BCUT2D eigenvalue weighted by molar-refractivity contribution is 14.0. The minimum Gasteiger partial charge on any atom is -0.370 e. The van der Waals surface area contributed by atoms with E-state index < -0.39 is 0 Å². The van der Waals surface area contributed by atoms with Crippen molar-refractivity contribution in [3.63, 3.8) is 0 Å². The Balaban J connectivity index is 0.00000320. The minimum atomic E-state index is 0. The molecule has 8 heteroatoms. The molecule has 1 aromatic heterocycles. The van der Waals surface area contributed by atoms with Gasteiger partial charge in [-0.1, -0.05) is 26.0 Å². The molecule has 0 aliphatic carbocycles. The van der Waals surface area contributed by atoms with Crippen molar-refractivity contribution in [3.8, 4) is 0 Å². The third-order valence-electron chi connectivity index (χ3n) is 5.23. The van der Waals surface area contributed by atoms with Crippen molar-refractivity contribution in [2.24, 2.45) is 12.0 Å². The van der Waals surface area contributed by atoms with Gasteiger partial charge < -0.3 is 15.1 Å². The molecule has 1 fully saturated rings. The number of aromatic nitrogens is 2. The van der Waals surface area contributed by atoms with E-state index in [2.05, 4.69) is 76.6 Å². The number of aliphatic imine (C=N–C) groups is 1. The summed E-state index contributed by atoms with van der Waals surface area (Å²) in [6.45, 7) is 8.21. The van der Waals surface area contributed by atoms with E-state index in [9.17, 15) is 0 Å². The van der Waals surface area contributed by atoms with E-state index >= 15 is 0 Å². The Morgan fingerprint density at radius 3 is 2.50 bits per heavy atom. The number of guanidine groups is 1. The average molecular weight is 543 g/mol. The van der Waals surface area contributed by atoms with Crippen LogP contribution in [-0.4, -0.2) is 59.3 Å². The number of hydrogen-bond donors (Lipinski definition) is 1. The molecule has 0 spiro atoms. The van der Waals surface area contributed by atoms with Gasteiger partial charge in [0.25, 0.3) is 0 Å². The number of nitrogens with zero attached hydrogens (tertiary/aromatic N) is 5. The Kier molecular flexibility index (Phi) is 9.80. The van der Waals surface area contributed by atoms with Gasteiger partial charge in [-0.2, -0.15) is 16.9 Å². The van der Waals surface area contributed by atoms with Crippen molar-refractivity contribution < 1.29 is 0 Å². The zero-order valence-electron chi connectivity index (χ0n) is 18.8. The topological polar surface area (TPSA) is 48.7 Å². The summed E-state index contributed by atoms with van der Waals surface area (Å²) in [5, 5.41) is 8.11. The molecule has 0 unspecified atom stereocenters. The van der Waals surface area contributed by atoms with Gasteiger partial charge in [-0.15, -0.1) is 24.0 Å². The zero-order chi connectivity index (χ0) is 20.8. The van der Waals surface area contributed by atoms with Crippen molar-refractivity contribution >= 4 is 47.4 Å². The van der Waals surface area contributed by atoms with Crippen LogP contribution in [0.4, 0.5) is 5.69 Å². The number of thioether (sulfide) groups is 1. The Hall–Kier alpha value is -1.42. The van der Waals surface area contributed by atoms with E-state index in [-0.39, 0.29) is 24.0 Å².